The molecule has 17 heavy (non-hydrogen) atoms. The van der Waals surface area contributed by atoms with Crippen molar-refractivity contribution in [2.75, 3.05) is 6.54 Å². The molecule has 0 heterocycles. The van der Waals surface area contributed by atoms with Crippen LogP contribution in [0, 0.1) is 0 Å². The second-order valence-electron chi connectivity index (χ2n) is 5.41. The fraction of sp³-hybridized carbons (Fsp3) is 0.500. The SMILES string of the molecule is CC(CN)NC(=O)c1ccccc1C(C)(C)C. The van der Waals surface area contributed by atoms with Crippen LogP contribution in [-0.2, 0) is 5.41 Å². The molecule has 0 aromatic heterocycles. The van der Waals surface area contributed by atoms with Gasteiger partial charge in [0.15, 0.2) is 0 Å². The molecule has 94 valence electrons. The second-order valence-corrected chi connectivity index (χ2v) is 5.41. The third-order valence-corrected chi connectivity index (χ3v) is 2.71. The Morgan fingerprint density at radius 2 is 1.94 bits per heavy atom. The van der Waals surface area contributed by atoms with E-state index in [4.69, 9.17) is 5.73 Å². The zero-order chi connectivity index (χ0) is 13.1. The van der Waals surface area contributed by atoms with Gasteiger partial charge in [-0.2, -0.15) is 0 Å². The Balaban J connectivity index is 3.02. The van der Waals surface area contributed by atoms with Crippen molar-refractivity contribution in [3.05, 3.63) is 35.4 Å². The summed E-state index contributed by atoms with van der Waals surface area (Å²) in [6.45, 7) is 8.66. The Labute approximate surface area is 103 Å². The number of benzene rings is 1. The van der Waals surface area contributed by atoms with E-state index in [1.807, 2.05) is 31.2 Å². The van der Waals surface area contributed by atoms with Crippen molar-refractivity contribution >= 4 is 5.91 Å². The van der Waals surface area contributed by atoms with Crippen LogP contribution in [0.3, 0.4) is 0 Å². The van der Waals surface area contributed by atoms with Gasteiger partial charge in [0.2, 0.25) is 0 Å². The van der Waals surface area contributed by atoms with Crippen LogP contribution in [0.4, 0.5) is 0 Å². The lowest BCUT2D eigenvalue weighted by molar-refractivity contribution is 0.0939. The zero-order valence-corrected chi connectivity index (χ0v) is 11.1. The van der Waals surface area contributed by atoms with Gasteiger partial charge < -0.3 is 11.1 Å². The molecule has 0 fully saturated rings. The third-order valence-electron chi connectivity index (χ3n) is 2.71. The molecule has 0 radical (unpaired) electrons. The number of nitrogens with one attached hydrogen (secondary N) is 1. The van der Waals surface area contributed by atoms with Crippen molar-refractivity contribution in [1.29, 1.82) is 0 Å². The highest BCUT2D eigenvalue weighted by Crippen LogP contribution is 2.25. The largest absolute Gasteiger partial charge is 0.348 e. The van der Waals surface area contributed by atoms with E-state index in [1.165, 1.54) is 0 Å². The summed E-state index contributed by atoms with van der Waals surface area (Å²) in [5.41, 5.74) is 7.26. The van der Waals surface area contributed by atoms with Crippen molar-refractivity contribution in [3.8, 4) is 0 Å². The Morgan fingerprint density at radius 3 is 2.47 bits per heavy atom. The van der Waals surface area contributed by atoms with Crippen molar-refractivity contribution in [1.82, 2.24) is 5.32 Å². The van der Waals surface area contributed by atoms with Crippen LogP contribution in [0.15, 0.2) is 24.3 Å². The molecule has 1 atom stereocenters. The molecule has 3 nitrogen and oxygen atoms in total. The summed E-state index contributed by atoms with van der Waals surface area (Å²) < 4.78 is 0. The first-order valence-electron chi connectivity index (χ1n) is 5.96. The molecule has 1 rings (SSSR count). The van der Waals surface area contributed by atoms with Gasteiger partial charge in [0.1, 0.15) is 0 Å². The Kier molecular flexibility index (Phi) is 4.29. The van der Waals surface area contributed by atoms with E-state index in [1.54, 1.807) is 0 Å². The van der Waals surface area contributed by atoms with E-state index < -0.39 is 0 Å². The van der Waals surface area contributed by atoms with Gasteiger partial charge in [-0.05, 0) is 24.0 Å². The van der Waals surface area contributed by atoms with Crippen LogP contribution >= 0.6 is 0 Å². The Bertz CT molecular complexity index is 393. The van der Waals surface area contributed by atoms with Crippen LogP contribution < -0.4 is 11.1 Å². The highest BCUT2D eigenvalue weighted by molar-refractivity contribution is 5.96. The first-order chi connectivity index (χ1) is 7.86. The number of nitrogens with two attached hydrogens (primary N) is 1. The standard InChI is InChI=1S/C14H22N2O/c1-10(9-15)16-13(17)11-7-5-6-8-12(11)14(2,3)4/h5-8,10H,9,15H2,1-4H3,(H,16,17). The van der Waals surface area contributed by atoms with Crippen LogP contribution in [0.2, 0.25) is 0 Å². The van der Waals surface area contributed by atoms with E-state index >= 15 is 0 Å². The number of rotatable bonds is 3. The zero-order valence-electron chi connectivity index (χ0n) is 11.1. The average Bonchev–Trinajstić information content (AvgIpc) is 2.27. The molecule has 0 bridgehead atoms. The monoisotopic (exact) mass is 234 g/mol. The highest BCUT2D eigenvalue weighted by atomic mass is 16.1. The molecule has 0 saturated carbocycles. The molecule has 0 saturated heterocycles. The number of carbonyl (C=O) groups is 1. The van der Waals surface area contributed by atoms with Gasteiger partial charge in [-0.25, -0.2) is 0 Å². The molecule has 0 aliphatic carbocycles. The lowest BCUT2D eigenvalue weighted by Crippen LogP contribution is -2.38. The summed E-state index contributed by atoms with van der Waals surface area (Å²) >= 11 is 0. The molecule has 3 N–H and O–H groups in total. The minimum absolute atomic E-state index is 0.00414. The lowest BCUT2D eigenvalue weighted by atomic mass is 9.83. The first-order valence-corrected chi connectivity index (χ1v) is 5.96. The molecule has 1 aromatic rings. The van der Waals surface area contributed by atoms with E-state index in [0.29, 0.717) is 6.54 Å². The smallest absolute Gasteiger partial charge is 0.251 e. The van der Waals surface area contributed by atoms with E-state index in [0.717, 1.165) is 11.1 Å². The predicted molar refractivity (Wildman–Crippen MR) is 71.1 cm³/mol. The first kappa shape index (κ1) is 13.7. The summed E-state index contributed by atoms with van der Waals surface area (Å²) in [6, 6.07) is 7.71. The molecular weight excluding hydrogens is 212 g/mol. The van der Waals surface area contributed by atoms with E-state index in [-0.39, 0.29) is 17.4 Å². The van der Waals surface area contributed by atoms with E-state index in [2.05, 4.69) is 26.1 Å². The quantitative estimate of drug-likeness (QED) is 0.841. The molecule has 1 amide bonds. The molecule has 0 aliphatic rings. The van der Waals surface area contributed by atoms with Crippen molar-refractivity contribution in [2.45, 2.75) is 39.2 Å². The van der Waals surface area contributed by atoms with Gasteiger partial charge in [0.25, 0.3) is 5.91 Å². The fourth-order valence-corrected chi connectivity index (χ4v) is 1.70. The van der Waals surface area contributed by atoms with Crippen LogP contribution in [0.5, 0.6) is 0 Å². The lowest BCUT2D eigenvalue weighted by Gasteiger charge is -2.23. The summed E-state index contributed by atoms with van der Waals surface area (Å²) in [5.74, 6) is -0.0477. The summed E-state index contributed by atoms with van der Waals surface area (Å²) in [7, 11) is 0. The maximum atomic E-state index is 12.1. The van der Waals surface area contributed by atoms with Gasteiger partial charge in [0.05, 0.1) is 0 Å². The van der Waals surface area contributed by atoms with Crippen molar-refractivity contribution in [3.63, 3.8) is 0 Å². The summed E-state index contributed by atoms with van der Waals surface area (Å²) in [4.78, 5) is 12.1. The van der Waals surface area contributed by atoms with Crippen LogP contribution in [-0.4, -0.2) is 18.5 Å². The summed E-state index contributed by atoms with van der Waals surface area (Å²) in [5, 5.41) is 2.89. The van der Waals surface area contributed by atoms with Crippen LogP contribution in [0.25, 0.3) is 0 Å². The molecule has 1 aromatic carbocycles. The van der Waals surface area contributed by atoms with Gasteiger partial charge in [-0.3, -0.25) is 4.79 Å². The van der Waals surface area contributed by atoms with Crippen molar-refractivity contribution in [2.24, 2.45) is 5.73 Å². The highest BCUT2D eigenvalue weighted by Gasteiger charge is 2.21. The number of amides is 1. The molecular formula is C14H22N2O. The number of hydrogen-bond donors (Lipinski definition) is 2. The minimum Gasteiger partial charge on any atom is -0.348 e. The Morgan fingerprint density at radius 1 is 1.35 bits per heavy atom. The van der Waals surface area contributed by atoms with Gasteiger partial charge in [-0.15, -0.1) is 0 Å². The van der Waals surface area contributed by atoms with Gasteiger partial charge in [0, 0.05) is 18.2 Å². The van der Waals surface area contributed by atoms with Crippen molar-refractivity contribution < 1.29 is 4.79 Å². The maximum absolute atomic E-state index is 12.1. The van der Waals surface area contributed by atoms with Crippen LogP contribution in [0.1, 0.15) is 43.6 Å². The van der Waals surface area contributed by atoms with E-state index in [9.17, 15) is 4.79 Å². The minimum atomic E-state index is -0.0477. The molecule has 0 spiro atoms. The normalized spacial score (nSPS) is 13.2. The number of hydrogen-bond acceptors (Lipinski definition) is 2. The van der Waals surface area contributed by atoms with Gasteiger partial charge >= 0.3 is 0 Å². The molecule has 0 aliphatic heterocycles. The molecule has 1 unspecified atom stereocenters. The number of carbonyl (C=O) groups excluding carboxylic acids is 1. The topological polar surface area (TPSA) is 55.1 Å². The average molecular weight is 234 g/mol. The van der Waals surface area contributed by atoms with Gasteiger partial charge in [-0.1, -0.05) is 39.0 Å². The predicted octanol–water partition coefficient (Wildman–Crippen LogP) is 2.06. The molecule has 3 heteroatoms. The fourth-order valence-electron chi connectivity index (χ4n) is 1.70. The Hall–Kier alpha value is -1.35. The summed E-state index contributed by atoms with van der Waals surface area (Å²) in [6.07, 6.45) is 0. The third kappa shape index (κ3) is 3.56. The second kappa shape index (κ2) is 5.32. The maximum Gasteiger partial charge on any atom is 0.251 e.